The van der Waals surface area contributed by atoms with Gasteiger partial charge in [0.05, 0.1) is 10.6 Å². The third-order valence-electron chi connectivity index (χ3n) is 4.35. The second kappa shape index (κ2) is 7.83. The summed E-state index contributed by atoms with van der Waals surface area (Å²) in [5, 5.41) is 7.06. The van der Waals surface area contributed by atoms with Crippen LogP contribution in [0.15, 0.2) is 52.7 Å². The minimum atomic E-state index is -3.73. The van der Waals surface area contributed by atoms with Crippen molar-refractivity contribution in [2.45, 2.75) is 18.2 Å². The Morgan fingerprint density at radius 2 is 1.97 bits per heavy atom. The summed E-state index contributed by atoms with van der Waals surface area (Å²) >= 11 is 7.35. The highest BCUT2D eigenvalue weighted by atomic mass is 35.5. The Bertz CT molecular complexity index is 1280. The molecular formula is C19H16ClFN4O2S2. The summed E-state index contributed by atoms with van der Waals surface area (Å²) in [6.45, 7) is 1.74. The number of fused-ring (bicyclic) bond motifs is 1. The quantitative estimate of drug-likeness (QED) is 0.480. The molecule has 0 spiro atoms. The van der Waals surface area contributed by atoms with Gasteiger partial charge in [-0.25, -0.2) is 22.0 Å². The van der Waals surface area contributed by atoms with Gasteiger partial charge in [-0.3, -0.25) is 0 Å². The van der Waals surface area contributed by atoms with Gasteiger partial charge in [0.15, 0.2) is 5.82 Å². The van der Waals surface area contributed by atoms with Crippen molar-refractivity contribution in [1.82, 2.24) is 19.3 Å². The largest absolute Gasteiger partial charge is 0.240 e. The Hall–Kier alpha value is -2.33. The Morgan fingerprint density at radius 1 is 1.21 bits per heavy atom. The van der Waals surface area contributed by atoms with E-state index in [1.165, 1.54) is 23.5 Å². The highest BCUT2D eigenvalue weighted by Gasteiger charge is 2.17. The van der Waals surface area contributed by atoms with Crippen molar-refractivity contribution >= 4 is 37.9 Å². The van der Waals surface area contributed by atoms with Crippen LogP contribution in [-0.2, 0) is 16.4 Å². The highest BCUT2D eigenvalue weighted by Crippen LogP contribution is 2.22. The van der Waals surface area contributed by atoms with Crippen LogP contribution in [0.1, 0.15) is 11.3 Å². The first-order chi connectivity index (χ1) is 13.8. The molecule has 10 heteroatoms. The Kier molecular flexibility index (Phi) is 5.39. The summed E-state index contributed by atoms with van der Waals surface area (Å²) < 4.78 is 42.5. The van der Waals surface area contributed by atoms with Crippen LogP contribution in [0, 0.1) is 12.7 Å². The van der Waals surface area contributed by atoms with E-state index in [0.29, 0.717) is 22.8 Å². The molecule has 6 nitrogen and oxygen atoms in total. The van der Waals surface area contributed by atoms with Gasteiger partial charge < -0.3 is 0 Å². The lowest BCUT2D eigenvalue weighted by molar-refractivity contribution is 0.579. The van der Waals surface area contributed by atoms with Gasteiger partial charge in [0.1, 0.15) is 5.82 Å². The molecule has 0 saturated carbocycles. The van der Waals surface area contributed by atoms with E-state index in [4.69, 9.17) is 11.6 Å². The normalized spacial score (nSPS) is 12.0. The number of aromatic nitrogens is 3. The highest BCUT2D eigenvalue weighted by molar-refractivity contribution is 7.89. The average Bonchev–Trinajstić information content (AvgIpc) is 3.23. The third kappa shape index (κ3) is 4.18. The Morgan fingerprint density at radius 3 is 2.69 bits per heavy atom. The van der Waals surface area contributed by atoms with Gasteiger partial charge in [-0.2, -0.15) is 4.98 Å². The maximum absolute atomic E-state index is 13.2. The first-order valence-corrected chi connectivity index (χ1v) is 11.4. The van der Waals surface area contributed by atoms with Crippen molar-refractivity contribution in [3.63, 3.8) is 0 Å². The van der Waals surface area contributed by atoms with Crippen LogP contribution in [0.3, 0.4) is 0 Å². The molecular weight excluding hydrogens is 435 g/mol. The molecule has 0 amide bonds. The van der Waals surface area contributed by atoms with Crippen molar-refractivity contribution in [1.29, 1.82) is 0 Å². The van der Waals surface area contributed by atoms with E-state index in [0.717, 1.165) is 22.3 Å². The van der Waals surface area contributed by atoms with Crippen LogP contribution in [0.25, 0.3) is 16.3 Å². The number of halogens is 2. The molecule has 2 aromatic heterocycles. The topological polar surface area (TPSA) is 76.4 Å². The number of hydrogen-bond acceptors (Lipinski definition) is 5. The van der Waals surface area contributed by atoms with Gasteiger partial charge in [0.2, 0.25) is 15.0 Å². The molecule has 2 heterocycles. The van der Waals surface area contributed by atoms with Gasteiger partial charge in [0, 0.05) is 28.9 Å². The van der Waals surface area contributed by atoms with E-state index in [1.807, 2.05) is 17.5 Å². The van der Waals surface area contributed by atoms with Crippen molar-refractivity contribution in [2.75, 3.05) is 6.54 Å². The van der Waals surface area contributed by atoms with Crippen LogP contribution in [0.2, 0.25) is 5.02 Å². The molecule has 4 aromatic rings. The van der Waals surface area contributed by atoms with Crippen molar-refractivity contribution in [2.24, 2.45) is 0 Å². The minimum absolute atomic E-state index is 0.0696. The van der Waals surface area contributed by atoms with Crippen LogP contribution in [-0.4, -0.2) is 29.6 Å². The number of nitrogens with zero attached hydrogens (tertiary/aromatic N) is 3. The fourth-order valence-electron chi connectivity index (χ4n) is 2.92. The molecule has 2 aromatic carbocycles. The first-order valence-electron chi connectivity index (χ1n) is 8.68. The zero-order valence-electron chi connectivity index (χ0n) is 15.3. The number of hydrogen-bond donors (Lipinski definition) is 1. The number of sulfonamides is 1. The van der Waals surface area contributed by atoms with E-state index in [9.17, 15) is 12.8 Å². The maximum Gasteiger partial charge on any atom is 0.240 e. The van der Waals surface area contributed by atoms with Crippen LogP contribution < -0.4 is 4.72 Å². The second-order valence-electron chi connectivity index (χ2n) is 6.42. The molecule has 0 aliphatic carbocycles. The molecule has 0 atom stereocenters. The number of aryl methyl sites for hydroxylation is 1. The minimum Gasteiger partial charge on any atom is -0.211 e. The number of benzene rings is 2. The molecule has 29 heavy (non-hydrogen) atoms. The van der Waals surface area contributed by atoms with E-state index >= 15 is 0 Å². The summed E-state index contributed by atoms with van der Waals surface area (Å²) in [5.74, 6) is 0.113. The fourth-order valence-corrected chi connectivity index (χ4v) is 5.16. The Balaban J connectivity index is 1.49. The average molecular weight is 451 g/mol. The predicted molar refractivity (Wildman–Crippen MR) is 111 cm³/mol. The predicted octanol–water partition coefficient (Wildman–Crippen LogP) is 4.08. The van der Waals surface area contributed by atoms with Gasteiger partial charge in [-0.15, -0.1) is 16.4 Å². The van der Waals surface area contributed by atoms with E-state index in [1.54, 1.807) is 23.6 Å². The standard InChI is InChI=1S/C19H16ClFN4O2S2/c1-12-10-15(21)6-7-17(12)29(26,27)22-9-8-16-11-28-19-23-18(24-25(16)19)13-2-4-14(20)5-3-13/h2-7,10-11,22H,8-9H2,1H3. The summed E-state index contributed by atoms with van der Waals surface area (Å²) in [4.78, 5) is 5.30. The zero-order valence-corrected chi connectivity index (χ0v) is 17.7. The third-order valence-corrected chi connectivity index (χ3v) is 7.09. The number of thiazole rings is 1. The SMILES string of the molecule is Cc1cc(F)ccc1S(=O)(=O)NCCc1csc2nc(-c3ccc(Cl)cc3)nn12. The molecule has 150 valence electrons. The van der Waals surface area contributed by atoms with Crippen LogP contribution in [0.4, 0.5) is 4.39 Å². The molecule has 1 N–H and O–H groups in total. The molecule has 0 bridgehead atoms. The van der Waals surface area contributed by atoms with E-state index in [-0.39, 0.29) is 11.4 Å². The van der Waals surface area contributed by atoms with Gasteiger partial charge in [-0.1, -0.05) is 11.6 Å². The summed E-state index contributed by atoms with van der Waals surface area (Å²) in [6, 6.07) is 10.9. The summed E-state index contributed by atoms with van der Waals surface area (Å²) in [7, 11) is -3.73. The molecule has 4 rings (SSSR count). The van der Waals surface area contributed by atoms with Gasteiger partial charge in [-0.05, 0) is 55.0 Å². The summed E-state index contributed by atoms with van der Waals surface area (Å²) in [6.07, 6.45) is 0.433. The monoisotopic (exact) mass is 450 g/mol. The van der Waals surface area contributed by atoms with E-state index < -0.39 is 15.8 Å². The van der Waals surface area contributed by atoms with E-state index in [2.05, 4.69) is 14.8 Å². The van der Waals surface area contributed by atoms with Crippen LogP contribution in [0.5, 0.6) is 0 Å². The Labute approximate surface area is 176 Å². The fraction of sp³-hybridized carbons (Fsp3) is 0.158. The lowest BCUT2D eigenvalue weighted by atomic mass is 10.2. The molecule has 0 fully saturated rings. The molecule has 0 saturated heterocycles. The summed E-state index contributed by atoms with van der Waals surface area (Å²) in [5.41, 5.74) is 2.05. The molecule has 0 aliphatic rings. The van der Waals surface area contributed by atoms with Crippen molar-refractivity contribution < 1.29 is 12.8 Å². The maximum atomic E-state index is 13.2. The smallest absolute Gasteiger partial charge is 0.211 e. The van der Waals surface area contributed by atoms with Crippen molar-refractivity contribution in [3.8, 4) is 11.4 Å². The molecule has 0 radical (unpaired) electrons. The van der Waals surface area contributed by atoms with Gasteiger partial charge in [0.25, 0.3) is 0 Å². The first kappa shape index (κ1) is 20.0. The zero-order chi connectivity index (χ0) is 20.6. The van der Waals surface area contributed by atoms with Gasteiger partial charge >= 0.3 is 0 Å². The van der Waals surface area contributed by atoms with Crippen LogP contribution >= 0.6 is 22.9 Å². The number of rotatable bonds is 6. The number of nitrogens with one attached hydrogen (secondary N) is 1. The lowest BCUT2D eigenvalue weighted by Gasteiger charge is -2.09. The molecule has 0 unspecified atom stereocenters. The molecule has 0 aliphatic heterocycles. The second-order valence-corrected chi connectivity index (χ2v) is 9.43. The van der Waals surface area contributed by atoms with Crippen molar-refractivity contribution in [3.05, 3.63) is 69.9 Å². The lowest BCUT2D eigenvalue weighted by Crippen LogP contribution is -2.27.